The number of carbonyl (C=O) groups is 2. The van der Waals surface area contributed by atoms with Gasteiger partial charge in [0.05, 0.1) is 0 Å². The van der Waals surface area contributed by atoms with E-state index in [1.807, 2.05) is 0 Å². The highest BCUT2D eigenvalue weighted by Gasteiger charge is 2.26. The number of hydrogen-bond acceptors (Lipinski definition) is 5. The van der Waals surface area contributed by atoms with Crippen LogP contribution >= 0.6 is 0 Å². The number of anilines is 2. The third-order valence-electron chi connectivity index (χ3n) is 4.30. The van der Waals surface area contributed by atoms with Crippen molar-refractivity contribution in [2.45, 2.75) is 12.8 Å². The van der Waals surface area contributed by atoms with Gasteiger partial charge in [-0.3, -0.25) is 4.79 Å². The standard InChI is InChI=1S/C17H17N3O5/c18-14-12(16(22)23)11(13(17(24)25)15(21)19-14)9-3-5-10(6-4-9)20-7-1-2-8-20/h3-6H,1-2,7-8H2,(H,22,23)(H,24,25)(H3,18,19,21). The second-order valence-corrected chi connectivity index (χ2v) is 5.84. The first-order valence-corrected chi connectivity index (χ1v) is 7.78. The number of rotatable bonds is 4. The van der Waals surface area contributed by atoms with Crippen molar-refractivity contribution >= 4 is 23.4 Å². The van der Waals surface area contributed by atoms with Crippen LogP contribution in [0, 0.1) is 0 Å². The Balaban J connectivity index is 2.19. The normalized spacial score (nSPS) is 13.8. The minimum absolute atomic E-state index is 0.186. The molecule has 0 amide bonds. The Hall–Kier alpha value is -3.29. The quantitative estimate of drug-likeness (QED) is 0.662. The van der Waals surface area contributed by atoms with E-state index in [9.17, 15) is 24.6 Å². The van der Waals surface area contributed by atoms with Gasteiger partial charge in [-0.1, -0.05) is 12.1 Å². The van der Waals surface area contributed by atoms with Crippen molar-refractivity contribution in [3.05, 3.63) is 45.7 Å². The summed E-state index contributed by atoms with van der Waals surface area (Å²) in [6.45, 7) is 1.89. The van der Waals surface area contributed by atoms with E-state index in [0.29, 0.717) is 5.56 Å². The van der Waals surface area contributed by atoms with E-state index < -0.39 is 28.6 Å². The Labute approximate surface area is 142 Å². The van der Waals surface area contributed by atoms with Crippen LogP contribution < -0.4 is 16.2 Å². The molecule has 3 rings (SSSR count). The first-order chi connectivity index (χ1) is 11.9. The summed E-state index contributed by atoms with van der Waals surface area (Å²) in [6, 6.07) is 6.80. The summed E-state index contributed by atoms with van der Waals surface area (Å²) in [5, 5.41) is 18.8. The zero-order valence-electron chi connectivity index (χ0n) is 13.3. The van der Waals surface area contributed by atoms with Gasteiger partial charge in [0, 0.05) is 24.3 Å². The number of nitrogens with two attached hydrogens (primary N) is 1. The molecule has 130 valence electrons. The van der Waals surface area contributed by atoms with E-state index in [4.69, 9.17) is 5.73 Å². The Kier molecular flexibility index (Phi) is 4.18. The molecule has 5 N–H and O–H groups in total. The van der Waals surface area contributed by atoms with E-state index in [0.717, 1.165) is 31.6 Å². The van der Waals surface area contributed by atoms with Crippen LogP contribution in [0.3, 0.4) is 0 Å². The molecule has 0 saturated carbocycles. The maximum atomic E-state index is 12.0. The maximum absolute atomic E-state index is 12.0. The van der Waals surface area contributed by atoms with E-state index in [1.165, 1.54) is 0 Å². The molecule has 2 heterocycles. The van der Waals surface area contributed by atoms with Gasteiger partial charge in [0.25, 0.3) is 5.56 Å². The Morgan fingerprint density at radius 2 is 1.56 bits per heavy atom. The molecule has 8 nitrogen and oxygen atoms in total. The molecule has 0 spiro atoms. The molecule has 1 aromatic heterocycles. The molecule has 1 aliphatic heterocycles. The van der Waals surface area contributed by atoms with Gasteiger partial charge in [-0.25, -0.2) is 9.59 Å². The van der Waals surface area contributed by atoms with Crippen molar-refractivity contribution < 1.29 is 19.8 Å². The molecule has 0 aliphatic carbocycles. The van der Waals surface area contributed by atoms with Crippen LogP contribution in [0.1, 0.15) is 33.6 Å². The van der Waals surface area contributed by atoms with Crippen LogP contribution in [0.2, 0.25) is 0 Å². The van der Waals surface area contributed by atoms with E-state index >= 15 is 0 Å². The molecule has 2 aromatic rings. The lowest BCUT2D eigenvalue weighted by atomic mass is 9.95. The first-order valence-electron chi connectivity index (χ1n) is 7.78. The van der Waals surface area contributed by atoms with E-state index in [-0.39, 0.29) is 11.4 Å². The minimum Gasteiger partial charge on any atom is -0.478 e. The number of carboxylic acid groups (broad SMARTS) is 2. The predicted octanol–water partition coefficient (Wildman–Crippen LogP) is 1.62. The molecular weight excluding hydrogens is 326 g/mol. The van der Waals surface area contributed by atoms with Crippen LogP contribution in [-0.2, 0) is 0 Å². The van der Waals surface area contributed by atoms with Crippen LogP contribution in [0.25, 0.3) is 11.1 Å². The van der Waals surface area contributed by atoms with Crippen molar-refractivity contribution in [1.82, 2.24) is 4.98 Å². The average Bonchev–Trinajstić information content (AvgIpc) is 3.07. The molecule has 0 atom stereocenters. The fourth-order valence-electron chi connectivity index (χ4n) is 3.15. The number of nitrogens with zero attached hydrogens (tertiary/aromatic N) is 1. The number of aromatic amines is 1. The van der Waals surface area contributed by atoms with Gasteiger partial charge in [0.2, 0.25) is 0 Å². The number of nitrogen functional groups attached to an aromatic ring is 1. The van der Waals surface area contributed by atoms with Gasteiger partial charge in [-0.15, -0.1) is 0 Å². The number of aromatic carboxylic acids is 2. The second-order valence-electron chi connectivity index (χ2n) is 5.84. The van der Waals surface area contributed by atoms with Gasteiger partial charge in [0.1, 0.15) is 16.9 Å². The van der Waals surface area contributed by atoms with Crippen LogP contribution in [0.5, 0.6) is 0 Å². The molecule has 1 fully saturated rings. The average molecular weight is 343 g/mol. The van der Waals surface area contributed by atoms with E-state index in [2.05, 4.69) is 9.88 Å². The Morgan fingerprint density at radius 1 is 1.00 bits per heavy atom. The highest BCUT2D eigenvalue weighted by Crippen LogP contribution is 2.31. The van der Waals surface area contributed by atoms with Crippen LogP contribution in [-0.4, -0.2) is 40.2 Å². The molecular formula is C17H17N3O5. The van der Waals surface area contributed by atoms with Crippen LogP contribution in [0.15, 0.2) is 29.1 Å². The van der Waals surface area contributed by atoms with Crippen molar-refractivity contribution in [2.75, 3.05) is 23.7 Å². The molecule has 25 heavy (non-hydrogen) atoms. The summed E-state index contributed by atoms with van der Waals surface area (Å²) < 4.78 is 0. The Morgan fingerprint density at radius 3 is 2.08 bits per heavy atom. The first kappa shape index (κ1) is 16.6. The smallest absolute Gasteiger partial charge is 0.342 e. The molecule has 1 saturated heterocycles. The maximum Gasteiger partial charge on any atom is 0.342 e. The topological polar surface area (TPSA) is 137 Å². The lowest BCUT2D eigenvalue weighted by molar-refractivity contribution is 0.0695. The summed E-state index contributed by atoms with van der Waals surface area (Å²) in [4.78, 5) is 39.4. The van der Waals surface area contributed by atoms with Gasteiger partial charge in [-0.05, 0) is 30.5 Å². The van der Waals surface area contributed by atoms with Gasteiger partial charge in [0.15, 0.2) is 0 Å². The van der Waals surface area contributed by atoms with Crippen molar-refractivity contribution in [3.63, 3.8) is 0 Å². The molecule has 1 aromatic carbocycles. The fraction of sp³-hybridized carbons (Fsp3) is 0.235. The summed E-state index contributed by atoms with van der Waals surface area (Å²) in [5.41, 5.74) is 4.72. The molecule has 8 heteroatoms. The number of H-pyrrole nitrogens is 1. The number of carboxylic acids is 2. The minimum atomic E-state index is -1.51. The Bertz CT molecular complexity index is 896. The van der Waals surface area contributed by atoms with Crippen molar-refractivity contribution in [3.8, 4) is 11.1 Å². The monoisotopic (exact) mass is 343 g/mol. The number of nitrogens with one attached hydrogen (secondary N) is 1. The zero-order valence-corrected chi connectivity index (χ0v) is 13.3. The summed E-state index contributed by atoms with van der Waals surface area (Å²) >= 11 is 0. The van der Waals surface area contributed by atoms with Gasteiger partial charge >= 0.3 is 11.9 Å². The molecule has 0 bridgehead atoms. The van der Waals surface area contributed by atoms with Crippen LogP contribution in [0.4, 0.5) is 11.5 Å². The largest absolute Gasteiger partial charge is 0.478 e. The SMILES string of the molecule is Nc1[nH]c(=O)c(C(=O)O)c(-c2ccc(N3CCCC3)cc2)c1C(=O)O. The highest BCUT2D eigenvalue weighted by atomic mass is 16.4. The third-order valence-corrected chi connectivity index (χ3v) is 4.30. The summed E-state index contributed by atoms with van der Waals surface area (Å²) in [6.07, 6.45) is 2.22. The fourth-order valence-corrected chi connectivity index (χ4v) is 3.15. The summed E-state index contributed by atoms with van der Waals surface area (Å²) in [7, 11) is 0. The highest BCUT2D eigenvalue weighted by molar-refractivity contribution is 6.07. The third kappa shape index (κ3) is 2.93. The van der Waals surface area contributed by atoms with Gasteiger partial charge in [-0.2, -0.15) is 0 Å². The molecule has 1 aliphatic rings. The summed E-state index contributed by atoms with van der Waals surface area (Å²) in [5.74, 6) is -3.29. The zero-order chi connectivity index (χ0) is 18.1. The number of aromatic nitrogens is 1. The van der Waals surface area contributed by atoms with Crippen molar-refractivity contribution in [2.24, 2.45) is 0 Å². The lowest BCUT2D eigenvalue weighted by Gasteiger charge is -2.18. The number of pyridine rings is 1. The number of benzene rings is 1. The number of hydrogen-bond donors (Lipinski definition) is 4. The molecule has 0 unspecified atom stereocenters. The predicted molar refractivity (Wildman–Crippen MR) is 92.3 cm³/mol. The van der Waals surface area contributed by atoms with Crippen molar-refractivity contribution in [1.29, 1.82) is 0 Å². The second kappa shape index (κ2) is 6.31. The molecule has 0 radical (unpaired) electrons. The van der Waals surface area contributed by atoms with Gasteiger partial charge < -0.3 is 25.8 Å². The van der Waals surface area contributed by atoms with E-state index in [1.54, 1.807) is 24.3 Å². The lowest BCUT2D eigenvalue weighted by Crippen LogP contribution is -2.24.